The largest absolute Gasteiger partial charge is 0.178 e. The number of hydrogen-bond donors (Lipinski definition) is 1. The first-order chi connectivity index (χ1) is 6.86. The molecule has 0 aromatic heterocycles. The normalized spacial score (nSPS) is 9.29. The molecule has 0 aliphatic heterocycles. The van der Waals surface area contributed by atoms with Crippen LogP contribution < -0.4 is 0 Å². The van der Waals surface area contributed by atoms with E-state index in [1.807, 2.05) is 0 Å². The molecule has 1 aromatic rings. The zero-order valence-corrected chi connectivity index (χ0v) is 9.48. The first kappa shape index (κ1) is 11.2. The van der Waals surface area contributed by atoms with Gasteiger partial charge in [-0.3, -0.25) is 0 Å². The maximum Gasteiger partial charge on any atom is 0.0245 e. The van der Waals surface area contributed by atoms with Gasteiger partial charge in [0.1, 0.15) is 0 Å². The Kier molecular flexibility index (Phi) is 5.25. The molecule has 74 valence electrons. The van der Waals surface area contributed by atoms with Crippen molar-refractivity contribution in [1.29, 1.82) is 0 Å². The van der Waals surface area contributed by atoms with Crippen molar-refractivity contribution in [3.63, 3.8) is 0 Å². The van der Waals surface area contributed by atoms with E-state index in [1.165, 1.54) is 12.0 Å². The molecular formula is C13H16S. The molecule has 0 radical (unpaired) electrons. The van der Waals surface area contributed by atoms with Crippen LogP contribution in [0.3, 0.4) is 0 Å². The average molecular weight is 204 g/mol. The van der Waals surface area contributed by atoms with E-state index < -0.39 is 0 Å². The average Bonchev–Trinajstić information content (AvgIpc) is 2.21. The summed E-state index contributed by atoms with van der Waals surface area (Å²) >= 11 is 4.11. The molecule has 0 aliphatic carbocycles. The van der Waals surface area contributed by atoms with Gasteiger partial charge < -0.3 is 0 Å². The molecule has 0 heterocycles. The first-order valence-electron chi connectivity index (χ1n) is 5.05. The molecule has 0 saturated heterocycles. The maximum atomic E-state index is 4.11. The lowest BCUT2D eigenvalue weighted by molar-refractivity contribution is 0.922. The molecular weight excluding hydrogens is 188 g/mol. The van der Waals surface area contributed by atoms with E-state index in [4.69, 9.17) is 0 Å². The Morgan fingerprint density at radius 3 is 2.50 bits per heavy atom. The number of aryl methyl sites for hydroxylation is 1. The van der Waals surface area contributed by atoms with Gasteiger partial charge in [-0.1, -0.05) is 37.3 Å². The molecule has 0 atom stereocenters. The van der Waals surface area contributed by atoms with Gasteiger partial charge in [0.25, 0.3) is 0 Å². The Hall–Kier alpha value is -0.870. The van der Waals surface area contributed by atoms with Gasteiger partial charge in [-0.2, -0.15) is 12.6 Å². The lowest BCUT2D eigenvalue weighted by atomic mass is 10.1. The topological polar surface area (TPSA) is 0 Å². The van der Waals surface area contributed by atoms with Crippen molar-refractivity contribution in [2.75, 3.05) is 5.75 Å². The van der Waals surface area contributed by atoms with Crippen molar-refractivity contribution < 1.29 is 0 Å². The second-order valence-electron chi connectivity index (χ2n) is 3.22. The highest BCUT2D eigenvalue weighted by molar-refractivity contribution is 7.80. The van der Waals surface area contributed by atoms with Gasteiger partial charge in [0, 0.05) is 17.7 Å². The molecule has 0 spiro atoms. The minimum Gasteiger partial charge on any atom is -0.178 e. The van der Waals surface area contributed by atoms with Crippen LogP contribution in [0.4, 0.5) is 0 Å². The fourth-order valence-corrected chi connectivity index (χ4v) is 1.38. The summed E-state index contributed by atoms with van der Waals surface area (Å²) in [5.41, 5.74) is 2.50. The van der Waals surface area contributed by atoms with Crippen LogP contribution in [0.15, 0.2) is 24.3 Å². The number of rotatable bonds is 3. The Morgan fingerprint density at radius 2 is 1.93 bits per heavy atom. The van der Waals surface area contributed by atoms with Crippen LogP contribution in [0, 0.1) is 11.8 Å². The quantitative estimate of drug-likeness (QED) is 0.567. The molecule has 1 aromatic carbocycles. The molecule has 0 bridgehead atoms. The van der Waals surface area contributed by atoms with Crippen LogP contribution >= 0.6 is 12.6 Å². The van der Waals surface area contributed by atoms with Crippen LogP contribution in [0.1, 0.15) is 30.9 Å². The monoisotopic (exact) mass is 204 g/mol. The van der Waals surface area contributed by atoms with Gasteiger partial charge in [-0.05, 0) is 24.1 Å². The third-order valence-corrected chi connectivity index (χ3v) is 2.19. The van der Waals surface area contributed by atoms with Crippen molar-refractivity contribution in [1.82, 2.24) is 0 Å². The highest BCUT2D eigenvalue weighted by Gasteiger charge is 1.90. The summed E-state index contributed by atoms with van der Waals surface area (Å²) < 4.78 is 0. The second-order valence-corrected chi connectivity index (χ2v) is 3.67. The SMILES string of the molecule is CCCc1ccc(C#CCCS)cc1. The van der Waals surface area contributed by atoms with Gasteiger partial charge in [-0.25, -0.2) is 0 Å². The van der Waals surface area contributed by atoms with Gasteiger partial charge in [0.15, 0.2) is 0 Å². The van der Waals surface area contributed by atoms with Gasteiger partial charge >= 0.3 is 0 Å². The molecule has 0 unspecified atom stereocenters. The van der Waals surface area contributed by atoms with Crippen LogP contribution in [0.5, 0.6) is 0 Å². The third kappa shape index (κ3) is 3.89. The molecule has 0 nitrogen and oxygen atoms in total. The summed E-state index contributed by atoms with van der Waals surface area (Å²) in [6.07, 6.45) is 3.22. The van der Waals surface area contributed by atoms with Crippen molar-refractivity contribution in [3.8, 4) is 11.8 Å². The van der Waals surface area contributed by atoms with Crippen LogP contribution in [0.2, 0.25) is 0 Å². The molecule has 1 rings (SSSR count). The van der Waals surface area contributed by atoms with E-state index in [0.29, 0.717) is 0 Å². The third-order valence-electron chi connectivity index (χ3n) is 1.96. The fraction of sp³-hybridized carbons (Fsp3) is 0.385. The standard InChI is InChI=1S/C13H16S/c1-2-5-12-7-9-13(10-8-12)6-3-4-11-14/h7-10,14H,2,4-5,11H2,1H3. The predicted molar refractivity (Wildman–Crippen MR) is 65.8 cm³/mol. The Balaban J connectivity index is 2.60. The Morgan fingerprint density at radius 1 is 1.21 bits per heavy atom. The summed E-state index contributed by atoms with van der Waals surface area (Å²) in [6, 6.07) is 8.51. The summed E-state index contributed by atoms with van der Waals surface area (Å²) in [7, 11) is 0. The highest BCUT2D eigenvalue weighted by Crippen LogP contribution is 2.05. The number of benzene rings is 1. The minimum absolute atomic E-state index is 0.834. The fourth-order valence-electron chi connectivity index (χ4n) is 1.26. The van der Waals surface area contributed by atoms with E-state index in [0.717, 1.165) is 24.2 Å². The van der Waals surface area contributed by atoms with Crippen LogP contribution in [-0.2, 0) is 6.42 Å². The summed E-state index contributed by atoms with van der Waals surface area (Å²) in [5, 5.41) is 0. The summed E-state index contributed by atoms with van der Waals surface area (Å²) in [5.74, 6) is 7.03. The molecule has 0 N–H and O–H groups in total. The molecule has 1 heteroatoms. The highest BCUT2D eigenvalue weighted by atomic mass is 32.1. The van der Waals surface area contributed by atoms with Gasteiger partial charge in [-0.15, -0.1) is 0 Å². The smallest absolute Gasteiger partial charge is 0.0245 e. The molecule has 0 saturated carbocycles. The van der Waals surface area contributed by atoms with E-state index in [1.54, 1.807) is 0 Å². The lowest BCUT2D eigenvalue weighted by Crippen LogP contribution is -1.82. The molecule has 0 fully saturated rings. The first-order valence-corrected chi connectivity index (χ1v) is 5.68. The minimum atomic E-state index is 0.834. The van der Waals surface area contributed by atoms with Gasteiger partial charge in [0.2, 0.25) is 0 Å². The number of thiol groups is 1. The van der Waals surface area contributed by atoms with Crippen LogP contribution in [-0.4, -0.2) is 5.75 Å². The van der Waals surface area contributed by atoms with E-state index in [2.05, 4.69) is 55.7 Å². The molecule has 0 amide bonds. The van der Waals surface area contributed by atoms with Gasteiger partial charge in [0.05, 0.1) is 0 Å². The van der Waals surface area contributed by atoms with Crippen molar-refractivity contribution in [2.24, 2.45) is 0 Å². The lowest BCUT2D eigenvalue weighted by Gasteiger charge is -1.97. The van der Waals surface area contributed by atoms with E-state index in [-0.39, 0.29) is 0 Å². The molecule has 0 aliphatic rings. The van der Waals surface area contributed by atoms with Crippen molar-refractivity contribution in [3.05, 3.63) is 35.4 Å². The van der Waals surface area contributed by atoms with E-state index >= 15 is 0 Å². The van der Waals surface area contributed by atoms with E-state index in [9.17, 15) is 0 Å². The summed E-state index contributed by atoms with van der Waals surface area (Å²) in [6.45, 7) is 2.19. The second kappa shape index (κ2) is 6.56. The van der Waals surface area contributed by atoms with Crippen LogP contribution in [0.25, 0.3) is 0 Å². The zero-order valence-electron chi connectivity index (χ0n) is 8.59. The van der Waals surface area contributed by atoms with Crippen molar-refractivity contribution in [2.45, 2.75) is 26.2 Å². The maximum absolute atomic E-state index is 4.11. The Labute approximate surface area is 92.1 Å². The summed E-state index contributed by atoms with van der Waals surface area (Å²) in [4.78, 5) is 0. The number of hydrogen-bond acceptors (Lipinski definition) is 1. The zero-order chi connectivity index (χ0) is 10.2. The Bertz CT molecular complexity index is 313. The predicted octanol–water partition coefficient (Wildman–Crippen LogP) is 3.31. The van der Waals surface area contributed by atoms with Crippen molar-refractivity contribution >= 4 is 12.6 Å². The molecule has 14 heavy (non-hydrogen) atoms.